The van der Waals surface area contributed by atoms with Crippen LogP contribution in [0.25, 0.3) is 11.3 Å². The zero-order valence-corrected chi connectivity index (χ0v) is 16.6. The highest BCUT2D eigenvalue weighted by Gasteiger charge is 2.21. The normalized spacial score (nSPS) is 14.0. The fourth-order valence-corrected chi connectivity index (χ4v) is 3.91. The topological polar surface area (TPSA) is 72.3 Å². The summed E-state index contributed by atoms with van der Waals surface area (Å²) >= 11 is 1.55. The number of benzene rings is 1. The van der Waals surface area contributed by atoms with Crippen LogP contribution in [0.1, 0.15) is 19.8 Å². The zero-order chi connectivity index (χ0) is 19.3. The van der Waals surface area contributed by atoms with Crippen molar-refractivity contribution in [3.63, 3.8) is 0 Å². The van der Waals surface area contributed by atoms with Gasteiger partial charge in [0.2, 0.25) is 5.91 Å². The van der Waals surface area contributed by atoms with E-state index in [9.17, 15) is 4.79 Å². The first-order chi connectivity index (χ1) is 13.7. The third kappa shape index (κ3) is 4.23. The predicted molar refractivity (Wildman–Crippen MR) is 111 cm³/mol. The van der Waals surface area contributed by atoms with Crippen LogP contribution in [0.3, 0.4) is 0 Å². The zero-order valence-electron chi connectivity index (χ0n) is 15.8. The molecule has 1 aliphatic heterocycles. The third-order valence-corrected chi connectivity index (χ3v) is 5.36. The molecule has 4 rings (SSSR count). The van der Waals surface area contributed by atoms with E-state index in [-0.39, 0.29) is 5.91 Å². The number of nitrogens with one attached hydrogen (secondary N) is 1. The van der Waals surface area contributed by atoms with Gasteiger partial charge in [-0.3, -0.25) is 9.48 Å². The Hall–Kier alpha value is -2.71. The van der Waals surface area contributed by atoms with Gasteiger partial charge in [-0.05, 0) is 25.5 Å². The Morgan fingerprint density at radius 2 is 2.14 bits per heavy atom. The molecule has 3 aromatic rings. The second-order valence-electron chi connectivity index (χ2n) is 6.55. The van der Waals surface area contributed by atoms with Gasteiger partial charge in [0.05, 0.1) is 30.7 Å². The fourth-order valence-electron chi connectivity index (χ4n) is 3.17. The van der Waals surface area contributed by atoms with Crippen molar-refractivity contribution < 1.29 is 9.53 Å². The number of hydrogen-bond acceptors (Lipinski definition) is 6. The SMILES string of the molecule is CCOCCn1cc(Nc2nc(-c3ccc(N4CCCC4=O)cc3)cs2)cn1. The molecule has 0 atom stereocenters. The van der Waals surface area contributed by atoms with Gasteiger partial charge in [0.15, 0.2) is 5.13 Å². The number of aromatic nitrogens is 3. The van der Waals surface area contributed by atoms with Gasteiger partial charge in [-0.15, -0.1) is 11.3 Å². The number of hydrogen-bond donors (Lipinski definition) is 1. The first-order valence-electron chi connectivity index (χ1n) is 9.46. The summed E-state index contributed by atoms with van der Waals surface area (Å²) in [7, 11) is 0. The second kappa shape index (κ2) is 8.53. The fraction of sp³-hybridized carbons (Fsp3) is 0.350. The maximum Gasteiger partial charge on any atom is 0.227 e. The number of amides is 1. The van der Waals surface area contributed by atoms with E-state index in [1.807, 2.05) is 52.3 Å². The van der Waals surface area contributed by atoms with Crippen molar-refractivity contribution in [2.45, 2.75) is 26.3 Å². The van der Waals surface area contributed by atoms with Crippen molar-refractivity contribution >= 4 is 33.8 Å². The summed E-state index contributed by atoms with van der Waals surface area (Å²) in [4.78, 5) is 18.4. The highest BCUT2D eigenvalue weighted by molar-refractivity contribution is 7.14. The highest BCUT2D eigenvalue weighted by Crippen LogP contribution is 2.29. The molecule has 1 fully saturated rings. The number of carbonyl (C=O) groups is 1. The summed E-state index contributed by atoms with van der Waals surface area (Å²) in [6, 6.07) is 8.03. The van der Waals surface area contributed by atoms with Gasteiger partial charge in [-0.2, -0.15) is 5.10 Å². The molecule has 28 heavy (non-hydrogen) atoms. The third-order valence-electron chi connectivity index (χ3n) is 4.61. The summed E-state index contributed by atoms with van der Waals surface area (Å²) in [6.07, 6.45) is 5.31. The lowest BCUT2D eigenvalue weighted by atomic mass is 10.1. The number of anilines is 3. The number of carbonyl (C=O) groups excluding carboxylic acids is 1. The molecule has 0 bridgehead atoms. The van der Waals surface area contributed by atoms with Crippen molar-refractivity contribution in [1.29, 1.82) is 0 Å². The average molecular weight is 398 g/mol. The average Bonchev–Trinajstić information content (AvgIpc) is 3.44. The Kier molecular flexibility index (Phi) is 5.68. The minimum atomic E-state index is 0.203. The molecular weight excluding hydrogens is 374 g/mol. The molecule has 0 radical (unpaired) electrons. The van der Waals surface area contributed by atoms with Crippen LogP contribution in [0.5, 0.6) is 0 Å². The van der Waals surface area contributed by atoms with Gasteiger partial charge in [0.25, 0.3) is 0 Å². The lowest BCUT2D eigenvalue weighted by molar-refractivity contribution is -0.117. The van der Waals surface area contributed by atoms with Crippen molar-refractivity contribution in [1.82, 2.24) is 14.8 Å². The molecule has 146 valence electrons. The molecule has 1 aromatic carbocycles. The first-order valence-corrected chi connectivity index (χ1v) is 10.3. The largest absolute Gasteiger partial charge is 0.380 e. The van der Waals surface area contributed by atoms with Crippen LogP contribution in [0.15, 0.2) is 42.0 Å². The second-order valence-corrected chi connectivity index (χ2v) is 7.41. The van der Waals surface area contributed by atoms with Gasteiger partial charge >= 0.3 is 0 Å². The highest BCUT2D eigenvalue weighted by atomic mass is 32.1. The molecule has 1 aliphatic rings. The van der Waals surface area contributed by atoms with E-state index in [0.29, 0.717) is 19.6 Å². The molecule has 1 amide bonds. The Morgan fingerprint density at radius 1 is 1.29 bits per heavy atom. The minimum Gasteiger partial charge on any atom is -0.380 e. The number of thiazole rings is 1. The van der Waals surface area contributed by atoms with Gasteiger partial charge in [-0.25, -0.2) is 4.98 Å². The number of nitrogens with zero attached hydrogens (tertiary/aromatic N) is 4. The summed E-state index contributed by atoms with van der Waals surface area (Å²) < 4.78 is 7.20. The maximum absolute atomic E-state index is 11.9. The summed E-state index contributed by atoms with van der Waals surface area (Å²) in [5, 5.41) is 10.5. The summed E-state index contributed by atoms with van der Waals surface area (Å²) in [5.41, 5.74) is 3.81. The van der Waals surface area contributed by atoms with E-state index in [1.54, 1.807) is 17.5 Å². The van der Waals surface area contributed by atoms with E-state index in [0.717, 1.165) is 47.3 Å². The van der Waals surface area contributed by atoms with Gasteiger partial charge in [0, 0.05) is 42.4 Å². The molecule has 0 spiro atoms. The Balaban J connectivity index is 1.39. The standard InChI is InChI=1S/C20H23N5O2S/c1-2-27-11-10-24-13-16(12-21-24)22-20-23-18(14-28-20)15-5-7-17(8-6-15)25-9-3-4-19(25)26/h5-8,12-14H,2-4,9-11H2,1H3,(H,22,23). The van der Waals surface area contributed by atoms with Crippen LogP contribution in [0, 0.1) is 0 Å². The van der Waals surface area contributed by atoms with Crippen LogP contribution in [0.2, 0.25) is 0 Å². The van der Waals surface area contributed by atoms with Crippen molar-refractivity contribution in [2.24, 2.45) is 0 Å². The Morgan fingerprint density at radius 3 is 2.89 bits per heavy atom. The van der Waals surface area contributed by atoms with Crippen molar-refractivity contribution in [3.05, 3.63) is 42.0 Å². The predicted octanol–water partition coefficient (Wildman–Crippen LogP) is 3.91. The van der Waals surface area contributed by atoms with Gasteiger partial charge in [0.1, 0.15) is 0 Å². The van der Waals surface area contributed by atoms with Crippen LogP contribution >= 0.6 is 11.3 Å². The Labute approximate surface area is 168 Å². The molecule has 1 saturated heterocycles. The smallest absolute Gasteiger partial charge is 0.227 e. The van der Waals surface area contributed by atoms with Gasteiger partial charge in [-0.1, -0.05) is 12.1 Å². The lowest BCUT2D eigenvalue weighted by Gasteiger charge is -2.15. The van der Waals surface area contributed by atoms with Crippen LogP contribution in [0.4, 0.5) is 16.5 Å². The molecule has 0 unspecified atom stereocenters. The molecule has 7 nitrogen and oxygen atoms in total. The minimum absolute atomic E-state index is 0.203. The number of ether oxygens (including phenoxy) is 1. The summed E-state index contributed by atoms with van der Waals surface area (Å²) in [5.74, 6) is 0.203. The molecular formula is C20H23N5O2S. The van der Waals surface area contributed by atoms with Crippen molar-refractivity contribution in [3.8, 4) is 11.3 Å². The molecule has 8 heteroatoms. The monoisotopic (exact) mass is 397 g/mol. The van der Waals surface area contributed by atoms with E-state index < -0.39 is 0 Å². The van der Waals surface area contributed by atoms with E-state index in [4.69, 9.17) is 4.74 Å². The molecule has 3 heterocycles. The van der Waals surface area contributed by atoms with E-state index in [2.05, 4.69) is 15.4 Å². The van der Waals surface area contributed by atoms with Gasteiger partial charge < -0.3 is 15.0 Å². The van der Waals surface area contributed by atoms with Crippen LogP contribution < -0.4 is 10.2 Å². The van der Waals surface area contributed by atoms with Crippen LogP contribution in [-0.4, -0.2) is 40.4 Å². The lowest BCUT2D eigenvalue weighted by Crippen LogP contribution is -2.23. The maximum atomic E-state index is 11.9. The molecule has 1 N–H and O–H groups in total. The molecule has 0 saturated carbocycles. The van der Waals surface area contributed by atoms with Crippen molar-refractivity contribution in [2.75, 3.05) is 30.0 Å². The Bertz CT molecular complexity index is 934. The first kappa shape index (κ1) is 18.6. The molecule has 0 aliphatic carbocycles. The van der Waals surface area contributed by atoms with E-state index in [1.165, 1.54) is 0 Å². The van der Waals surface area contributed by atoms with E-state index >= 15 is 0 Å². The molecule has 2 aromatic heterocycles. The summed E-state index contributed by atoms with van der Waals surface area (Å²) in [6.45, 7) is 4.88. The quantitative estimate of drug-likeness (QED) is 0.584. The van der Waals surface area contributed by atoms with Crippen LogP contribution in [-0.2, 0) is 16.1 Å². The number of rotatable bonds is 8.